The second kappa shape index (κ2) is 9.01. The van der Waals surface area contributed by atoms with E-state index in [1.807, 2.05) is 4.90 Å². The normalized spacial score (nSPS) is 16.5. The van der Waals surface area contributed by atoms with E-state index in [-0.39, 0.29) is 16.3 Å². The van der Waals surface area contributed by atoms with Crippen molar-refractivity contribution >= 4 is 26.7 Å². The fourth-order valence-electron chi connectivity index (χ4n) is 4.43. The van der Waals surface area contributed by atoms with Gasteiger partial charge < -0.3 is 9.88 Å². The standard InChI is InChI=1S/C25H23F3N4O2S/c26-25(27,28)23(18-7-3-1-4-8-18)24-29-21-12-11-19(17-22(21)30-24)31-13-15-32(16-14-31)35(33,34)20-9-5-2-6-10-20/h1-12,17,23H,13-16H2,(H,29,30). The summed E-state index contributed by atoms with van der Waals surface area (Å²) in [6, 6.07) is 21.3. The molecule has 0 saturated carbocycles. The molecule has 1 unspecified atom stereocenters. The van der Waals surface area contributed by atoms with Crippen molar-refractivity contribution in [3.8, 4) is 0 Å². The summed E-state index contributed by atoms with van der Waals surface area (Å²) in [5, 5.41) is 0. The second-order valence-corrected chi connectivity index (χ2v) is 10.4. The number of rotatable bonds is 5. The molecule has 1 fully saturated rings. The monoisotopic (exact) mass is 500 g/mol. The average molecular weight is 501 g/mol. The molecule has 3 aromatic carbocycles. The van der Waals surface area contributed by atoms with Gasteiger partial charge in [0.2, 0.25) is 10.0 Å². The van der Waals surface area contributed by atoms with Crippen molar-refractivity contribution in [2.24, 2.45) is 0 Å². The average Bonchev–Trinajstić information content (AvgIpc) is 3.27. The van der Waals surface area contributed by atoms with Gasteiger partial charge in [0.05, 0.1) is 15.9 Å². The van der Waals surface area contributed by atoms with Gasteiger partial charge in [-0.05, 0) is 35.9 Å². The van der Waals surface area contributed by atoms with Crippen molar-refractivity contribution in [1.29, 1.82) is 0 Å². The molecule has 2 heterocycles. The minimum Gasteiger partial charge on any atom is -0.369 e. The maximum atomic E-state index is 13.9. The van der Waals surface area contributed by atoms with E-state index >= 15 is 0 Å². The van der Waals surface area contributed by atoms with Crippen molar-refractivity contribution in [3.63, 3.8) is 0 Å². The van der Waals surface area contributed by atoms with Crippen LogP contribution in [0.4, 0.5) is 18.9 Å². The van der Waals surface area contributed by atoms with E-state index in [2.05, 4.69) is 9.97 Å². The van der Waals surface area contributed by atoms with Crippen LogP contribution in [0.1, 0.15) is 17.3 Å². The molecule has 0 amide bonds. The number of piperazine rings is 1. The minimum atomic E-state index is -4.50. The summed E-state index contributed by atoms with van der Waals surface area (Å²) < 4.78 is 69.0. The van der Waals surface area contributed by atoms with E-state index in [1.54, 1.807) is 66.7 Å². The summed E-state index contributed by atoms with van der Waals surface area (Å²) >= 11 is 0. The van der Waals surface area contributed by atoms with Gasteiger partial charge >= 0.3 is 6.18 Å². The number of aromatic amines is 1. The molecule has 1 N–H and O–H groups in total. The molecule has 35 heavy (non-hydrogen) atoms. The number of nitrogens with zero attached hydrogens (tertiary/aromatic N) is 3. The Morgan fingerprint density at radius 3 is 2.11 bits per heavy atom. The number of halogens is 3. The number of benzene rings is 3. The highest BCUT2D eigenvalue weighted by atomic mass is 32.2. The summed E-state index contributed by atoms with van der Waals surface area (Å²) in [7, 11) is -3.56. The van der Waals surface area contributed by atoms with Crippen LogP contribution in [0.3, 0.4) is 0 Å². The molecule has 0 radical (unpaired) electrons. The van der Waals surface area contributed by atoms with E-state index in [0.29, 0.717) is 37.2 Å². The van der Waals surface area contributed by atoms with Gasteiger partial charge in [-0.1, -0.05) is 48.5 Å². The number of hydrogen-bond acceptors (Lipinski definition) is 4. The van der Waals surface area contributed by atoms with Crippen molar-refractivity contribution < 1.29 is 21.6 Å². The summed E-state index contributed by atoms with van der Waals surface area (Å²) in [6.45, 7) is 1.56. The lowest BCUT2D eigenvalue weighted by Crippen LogP contribution is -2.48. The topological polar surface area (TPSA) is 69.3 Å². The lowest BCUT2D eigenvalue weighted by atomic mass is 9.98. The molecule has 0 bridgehead atoms. The number of anilines is 1. The molecule has 1 aromatic heterocycles. The van der Waals surface area contributed by atoms with E-state index in [4.69, 9.17) is 0 Å². The molecular weight excluding hydrogens is 477 g/mol. The number of hydrogen-bond donors (Lipinski definition) is 1. The quantitative estimate of drug-likeness (QED) is 0.429. The van der Waals surface area contributed by atoms with Crippen molar-refractivity contribution in [2.45, 2.75) is 17.0 Å². The summed E-state index contributed by atoms with van der Waals surface area (Å²) in [6.07, 6.45) is -4.50. The third-order valence-electron chi connectivity index (χ3n) is 6.20. The van der Waals surface area contributed by atoms with Crippen LogP contribution in [-0.4, -0.2) is 55.0 Å². The van der Waals surface area contributed by atoms with E-state index < -0.39 is 22.1 Å². The van der Waals surface area contributed by atoms with Crippen LogP contribution in [0.25, 0.3) is 11.0 Å². The van der Waals surface area contributed by atoms with Crippen LogP contribution in [0.5, 0.6) is 0 Å². The number of alkyl halides is 3. The third-order valence-corrected chi connectivity index (χ3v) is 8.12. The third kappa shape index (κ3) is 4.63. The van der Waals surface area contributed by atoms with Crippen LogP contribution < -0.4 is 4.90 Å². The minimum absolute atomic E-state index is 0.120. The predicted octanol–water partition coefficient (Wildman–Crippen LogP) is 4.77. The highest BCUT2D eigenvalue weighted by molar-refractivity contribution is 7.89. The first-order chi connectivity index (χ1) is 16.7. The van der Waals surface area contributed by atoms with Gasteiger partial charge in [0.15, 0.2) is 0 Å². The fourth-order valence-corrected chi connectivity index (χ4v) is 5.87. The SMILES string of the molecule is O=S(=O)(c1ccccc1)N1CCN(c2ccc3nc(C(c4ccccc4)C(F)(F)F)[nH]c3c2)CC1. The number of nitrogens with one attached hydrogen (secondary N) is 1. The first-order valence-corrected chi connectivity index (χ1v) is 12.6. The highest BCUT2D eigenvalue weighted by Crippen LogP contribution is 2.39. The zero-order valence-electron chi connectivity index (χ0n) is 18.6. The molecule has 182 valence electrons. The summed E-state index contributed by atoms with van der Waals surface area (Å²) in [4.78, 5) is 9.39. The van der Waals surface area contributed by atoms with Gasteiger partial charge in [-0.15, -0.1) is 0 Å². The Hall–Kier alpha value is -3.37. The second-order valence-electron chi connectivity index (χ2n) is 8.41. The number of imidazole rings is 1. The molecule has 6 nitrogen and oxygen atoms in total. The largest absolute Gasteiger partial charge is 0.402 e. The van der Waals surface area contributed by atoms with Crippen LogP contribution >= 0.6 is 0 Å². The molecule has 1 aliphatic heterocycles. The van der Waals surface area contributed by atoms with Crippen molar-refractivity contribution in [1.82, 2.24) is 14.3 Å². The molecule has 10 heteroatoms. The molecule has 5 rings (SSSR count). The Labute approximate surface area is 201 Å². The van der Waals surface area contributed by atoms with Gasteiger partial charge in [-0.3, -0.25) is 0 Å². The Kier molecular flexibility index (Phi) is 6.02. The van der Waals surface area contributed by atoms with Gasteiger partial charge in [0.1, 0.15) is 11.7 Å². The molecule has 0 spiro atoms. The maximum Gasteiger partial charge on any atom is 0.402 e. The number of sulfonamides is 1. The Bertz CT molecular complexity index is 1420. The first-order valence-electron chi connectivity index (χ1n) is 11.1. The molecule has 1 aliphatic rings. The zero-order chi connectivity index (χ0) is 24.6. The number of H-pyrrole nitrogens is 1. The van der Waals surface area contributed by atoms with Crippen LogP contribution in [0, 0.1) is 0 Å². The fraction of sp³-hybridized carbons (Fsp3) is 0.240. The van der Waals surface area contributed by atoms with Crippen LogP contribution in [0.15, 0.2) is 83.8 Å². The molecular formula is C25H23F3N4O2S. The lowest BCUT2D eigenvalue weighted by Gasteiger charge is -2.35. The first kappa shape index (κ1) is 23.4. The molecule has 4 aromatic rings. The Balaban J connectivity index is 1.37. The van der Waals surface area contributed by atoms with Crippen molar-refractivity contribution in [2.75, 3.05) is 31.1 Å². The van der Waals surface area contributed by atoms with Gasteiger partial charge in [-0.2, -0.15) is 17.5 Å². The van der Waals surface area contributed by atoms with Crippen molar-refractivity contribution in [3.05, 3.63) is 90.3 Å². The predicted molar refractivity (Wildman–Crippen MR) is 128 cm³/mol. The number of fused-ring (bicyclic) bond motifs is 1. The maximum absolute atomic E-state index is 13.9. The molecule has 1 saturated heterocycles. The van der Waals surface area contributed by atoms with Gasteiger partial charge in [0, 0.05) is 31.9 Å². The summed E-state index contributed by atoms with van der Waals surface area (Å²) in [5.74, 6) is -2.01. The van der Waals surface area contributed by atoms with Gasteiger partial charge in [-0.25, -0.2) is 13.4 Å². The van der Waals surface area contributed by atoms with Crippen LogP contribution in [0.2, 0.25) is 0 Å². The summed E-state index contributed by atoms with van der Waals surface area (Å²) in [5.41, 5.74) is 1.86. The Morgan fingerprint density at radius 2 is 1.49 bits per heavy atom. The van der Waals surface area contributed by atoms with E-state index in [1.165, 1.54) is 16.4 Å². The molecule has 0 aliphatic carbocycles. The van der Waals surface area contributed by atoms with E-state index in [0.717, 1.165) is 5.69 Å². The smallest absolute Gasteiger partial charge is 0.369 e. The lowest BCUT2D eigenvalue weighted by molar-refractivity contribution is -0.142. The Morgan fingerprint density at radius 1 is 0.857 bits per heavy atom. The van der Waals surface area contributed by atoms with E-state index in [9.17, 15) is 21.6 Å². The van der Waals surface area contributed by atoms with Gasteiger partial charge in [0.25, 0.3) is 0 Å². The number of aromatic nitrogens is 2. The highest BCUT2D eigenvalue weighted by Gasteiger charge is 2.44. The molecule has 1 atom stereocenters. The zero-order valence-corrected chi connectivity index (χ0v) is 19.4. The van der Waals surface area contributed by atoms with Crippen LogP contribution in [-0.2, 0) is 10.0 Å².